The molecule has 104 valence electrons. The first-order valence-corrected chi connectivity index (χ1v) is 7.10. The second-order valence-electron chi connectivity index (χ2n) is 4.84. The first kappa shape index (κ1) is 15.5. The second kappa shape index (κ2) is 8.52. The van der Waals surface area contributed by atoms with E-state index in [1.807, 2.05) is 12.1 Å². The lowest BCUT2D eigenvalue weighted by Crippen LogP contribution is -2.14. The number of ether oxygens (including phenoxy) is 1. The monoisotopic (exact) mass is 260 g/mol. The van der Waals surface area contributed by atoms with Gasteiger partial charge in [0.25, 0.3) is 0 Å². The van der Waals surface area contributed by atoms with Gasteiger partial charge in [0.1, 0.15) is 0 Å². The van der Waals surface area contributed by atoms with Crippen LogP contribution in [0.5, 0.6) is 0 Å². The van der Waals surface area contributed by atoms with Crippen LogP contribution >= 0.6 is 0 Å². The third kappa shape index (κ3) is 5.29. The molecule has 0 amide bonds. The fourth-order valence-corrected chi connectivity index (χ4v) is 1.93. The first-order chi connectivity index (χ1) is 9.21. The lowest BCUT2D eigenvalue weighted by Gasteiger charge is -2.14. The van der Waals surface area contributed by atoms with Gasteiger partial charge >= 0.3 is 5.97 Å². The van der Waals surface area contributed by atoms with Crippen molar-refractivity contribution in [1.29, 1.82) is 0 Å². The molecule has 19 heavy (non-hydrogen) atoms. The Morgan fingerprint density at radius 1 is 1.32 bits per heavy atom. The minimum atomic E-state index is -0.231. The molecule has 0 spiro atoms. The van der Waals surface area contributed by atoms with Gasteiger partial charge in [-0.1, -0.05) is 57.9 Å². The predicted molar refractivity (Wildman–Crippen MR) is 80.1 cm³/mol. The topological polar surface area (TPSA) is 26.3 Å². The SMILES string of the molecule is C=Cc1ccc(C(=O)OCC(CC)CCCC)cc1. The third-order valence-corrected chi connectivity index (χ3v) is 3.38. The Kier molecular flexibility index (Phi) is 6.94. The number of esters is 1. The predicted octanol–water partition coefficient (Wildman–Crippen LogP) is 4.70. The van der Waals surface area contributed by atoms with Crippen LogP contribution in [-0.2, 0) is 4.74 Å². The molecule has 0 aromatic heterocycles. The van der Waals surface area contributed by atoms with Gasteiger partial charge in [-0.25, -0.2) is 4.79 Å². The fraction of sp³-hybridized carbons (Fsp3) is 0.471. The van der Waals surface area contributed by atoms with Crippen molar-refractivity contribution in [1.82, 2.24) is 0 Å². The van der Waals surface area contributed by atoms with Crippen LogP contribution in [0.25, 0.3) is 6.08 Å². The van der Waals surface area contributed by atoms with E-state index in [4.69, 9.17) is 4.74 Å². The van der Waals surface area contributed by atoms with Crippen molar-refractivity contribution in [3.8, 4) is 0 Å². The van der Waals surface area contributed by atoms with Crippen molar-refractivity contribution in [2.45, 2.75) is 39.5 Å². The molecule has 1 aromatic rings. The van der Waals surface area contributed by atoms with Crippen LogP contribution in [0.1, 0.15) is 55.5 Å². The maximum absolute atomic E-state index is 11.9. The zero-order valence-electron chi connectivity index (χ0n) is 12.0. The Balaban J connectivity index is 2.46. The molecule has 0 bridgehead atoms. The third-order valence-electron chi connectivity index (χ3n) is 3.38. The molecule has 0 N–H and O–H groups in total. The normalized spacial score (nSPS) is 11.9. The summed E-state index contributed by atoms with van der Waals surface area (Å²) in [5.74, 6) is 0.252. The molecule has 0 saturated carbocycles. The highest BCUT2D eigenvalue weighted by molar-refractivity contribution is 5.89. The van der Waals surface area contributed by atoms with Crippen molar-refractivity contribution in [3.05, 3.63) is 42.0 Å². The van der Waals surface area contributed by atoms with Crippen molar-refractivity contribution in [2.75, 3.05) is 6.61 Å². The van der Waals surface area contributed by atoms with Crippen LogP contribution < -0.4 is 0 Å². The maximum atomic E-state index is 11.9. The lowest BCUT2D eigenvalue weighted by atomic mass is 10.0. The van der Waals surface area contributed by atoms with E-state index in [-0.39, 0.29) is 5.97 Å². The zero-order valence-corrected chi connectivity index (χ0v) is 12.0. The van der Waals surface area contributed by atoms with E-state index in [1.54, 1.807) is 18.2 Å². The summed E-state index contributed by atoms with van der Waals surface area (Å²) in [6, 6.07) is 7.31. The molecular weight excluding hydrogens is 236 g/mol. The standard InChI is InChI=1S/C17H24O2/c1-4-7-8-15(6-3)13-19-17(18)16-11-9-14(5-2)10-12-16/h5,9-12,15H,2,4,6-8,13H2,1,3H3. The highest BCUT2D eigenvalue weighted by Crippen LogP contribution is 2.14. The minimum Gasteiger partial charge on any atom is -0.462 e. The molecule has 0 aliphatic rings. The Labute approximate surface area is 116 Å². The van der Waals surface area contributed by atoms with Gasteiger partial charge < -0.3 is 4.74 Å². The summed E-state index contributed by atoms with van der Waals surface area (Å²) in [4.78, 5) is 11.9. The van der Waals surface area contributed by atoms with Crippen LogP contribution in [0.3, 0.4) is 0 Å². The van der Waals surface area contributed by atoms with Gasteiger partial charge in [0.2, 0.25) is 0 Å². The molecule has 2 nitrogen and oxygen atoms in total. The Hall–Kier alpha value is -1.57. The van der Waals surface area contributed by atoms with Crippen molar-refractivity contribution >= 4 is 12.0 Å². The van der Waals surface area contributed by atoms with Crippen molar-refractivity contribution in [3.63, 3.8) is 0 Å². The van der Waals surface area contributed by atoms with Gasteiger partial charge in [0.05, 0.1) is 12.2 Å². The largest absolute Gasteiger partial charge is 0.462 e. The van der Waals surface area contributed by atoms with E-state index in [2.05, 4.69) is 20.4 Å². The van der Waals surface area contributed by atoms with Crippen molar-refractivity contribution < 1.29 is 9.53 Å². The second-order valence-corrected chi connectivity index (χ2v) is 4.84. The van der Waals surface area contributed by atoms with E-state index < -0.39 is 0 Å². The summed E-state index contributed by atoms with van der Waals surface area (Å²) in [5, 5.41) is 0. The summed E-state index contributed by atoms with van der Waals surface area (Å²) < 4.78 is 5.39. The molecule has 1 unspecified atom stereocenters. The van der Waals surface area contributed by atoms with E-state index in [0.29, 0.717) is 18.1 Å². The van der Waals surface area contributed by atoms with Crippen LogP contribution in [0, 0.1) is 5.92 Å². The number of carbonyl (C=O) groups excluding carboxylic acids is 1. The Morgan fingerprint density at radius 2 is 2.00 bits per heavy atom. The van der Waals surface area contributed by atoms with E-state index in [1.165, 1.54) is 12.8 Å². The average Bonchev–Trinajstić information content (AvgIpc) is 2.47. The molecule has 0 saturated heterocycles. The minimum absolute atomic E-state index is 0.231. The van der Waals surface area contributed by atoms with Gasteiger partial charge in [0, 0.05) is 0 Å². The molecule has 1 aromatic carbocycles. The molecule has 0 fully saturated rings. The summed E-state index contributed by atoms with van der Waals surface area (Å²) >= 11 is 0. The number of carbonyl (C=O) groups is 1. The molecule has 2 heteroatoms. The van der Waals surface area contributed by atoms with Crippen LogP contribution in [0.4, 0.5) is 0 Å². The van der Waals surface area contributed by atoms with Gasteiger partial charge in [-0.05, 0) is 30.0 Å². The molecule has 1 atom stereocenters. The van der Waals surface area contributed by atoms with Gasteiger partial charge in [-0.2, -0.15) is 0 Å². The number of unbranched alkanes of at least 4 members (excludes halogenated alkanes) is 1. The highest BCUT2D eigenvalue weighted by Gasteiger charge is 2.11. The van der Waals surface area contributed by atoms with Crippen LogP contribution in [0.2, 0.25) is 0 Å². The van der Waals surface area contributed by atoms with Gasteiger partial charge in [-0.3, -0.25) is 0 Å². The van der Waals surface area contributed by atoms with Gasteiger partial charge in [0.15, 0.2) is 0 Å². The number of hydrogen-bond donors (Lipinski definition) is 0. The summed E-state index contributed by atoms with van der Waals surface area (Å²) in [5.41, 5.74) is 1.61. The quantitative estimate of drug-likeness (QED) is 0.633. The van der Waals surface area contributed by atoms with Crippen molar-refractivity contribution in [2.24, 2.45) is 5.92 Å². The highest BCUT2D eigenvalue weighted by atomic mass is 16.5. The average molecular weight is 260 g/mol. The zero-order chi connectivity index (χ0) is 14.1. The van der Waals surface area contributed by atoms with Gasteiger partial charge in [-0.15, -0.1) is 0 Å². The smallest absolute Gasteiger partial charge is 0.338 e. The first-order valence-electron chi connectivity index (χ1n) is 7.10. The molecule has 0 radical (unpaired) electrons. The molecule has 0 heterocycles. The van der Waals surface area contributed by atoms with E-state index >= 15 is 0 Å². The summed E-state index contributed by atoms with van der Waals surface area (Å²) in [6.45, 7) is 8.54. The summed E-state index contributed by atoms with van der Waals surface area (Å²) in [6.07, 6.45) is 6.34. The summed E-state index contributed by atoms with van der Waals surface area (Å²) in [7, 11) is 0. The van der Waals surface area contributed by atoms with Crippen LogP contribution in [-0.4, -0.2) is 12.6 Å². The van der Waals surface area contributed by atoms with Crippen LogP contribution in [0.15, 0.2) is 30.8 Å². The molecule has 0 aliphatic heterocycles. The van der Waals surface area contributed by atoms with E-state index in [0.717, 1.165) is 18.4 Å². The molecular formula is C17H24O2. The Bertz CT molecular complexity index is 392. The maximum Gasteiger partial charge on any atom is 0.338 e. The fourth-order valence-electron chi connectivity index (χ4n) is 1.93. The lowest BCUT2D eigenvalue weighted by molar-refractivity contribution is 0.0428. The number of benzene rings is 1. The Morgan fingerprint density at radius 3 is 2.53 bits per heavy atom. The van der Waals surface area contributed by atoms with E-state index in [9.17, 15) is 4.79 Å². The molecule has 0 aliphatic carbocycles. The molecule has 1 rings (SSSR count). The number of rotatable bonds is 8. The number of hydrogen-bond acceptors (Lipinski definition) is 2.